The first-order chi connectivity index (χ1) is 31.4. The highest BCUT2D eigenvalue weighted by molar-refractivity contribution is 6.99. The molecule has 0 radical (unpaired) electrons. The molecule has 6 aromatic rings. The SMILES string of the molecule is CC(C)(C)[Si](OCC1=C([C@H](O)CC/C(=C/c2ccc(O)c(F)c2)c2ccccc2)[C@H](CO)[C@@H]2C(=O)N(c3ccc(Nc4ccccc4)cc3)C(=O)[C@@H]2C1)(c1ccccc1)c1ccccc1. The van der Waals surface area contributed by atoms with E-state index in [1.165, 1.54) is 17.0 Å². The number of nitrogens with zero attached hydrogens (tertiary/aromatic N) is 1. The minimum Gasteiger partial charge on any atom is -0.505 e. The van der Waals surface area contributed by atoms with Crippen molar-refractivity contribution in [3.8, 4) is 5.75 Å². The maximum atomic E-state index is 14.7. The topological polar surface area (TPSA) is 119 Å². The molecule has 0 aromatic heterocycles. The van der Waals surface area contributed by atoms with Gasteiger partial charge in [0.25, 0.3) is 8.32 Å². The van der Waals surface area contributed by atoms with E-state index in [1.54, 1.807) is 18.2 Å². The summed E-state index contributed by atoms with van der Waals surface area (Å²) in [5.41, 5.74) is 5.56. The van der Waals surface area contributed by atoms with Crippen molar-refractivity contribution in [1.82, 2.24) is 0 Å². The average Bonchev–Trinajstić information content (AvgIpc) is 3.57. The Kier molecular flexibility index (Phi) is 13.4. The second-order valence-electron chi connectivity index (χ2n) is 18.0. The Hall–Kier alpha value is -6.43. The molecule has 8 nitrogen and oxygen atoms in total. The van der Waals surface area contributed by atoms with Crippen LogP contribution >= 0.6 is 0 Å². The molecule has 2 amide bonds. The fraction of sp³-hybridized carbons (Fsp3) is 0.236. The van der Waals surface area contributed by atoms with Crippen LogP contribution in [0.4, 0.5) is 21.5 Å². The van der Waals surface area contributed by atoms with Gasteiger partial charge in [0, 0.05) is 17.3 Å². The lowest BCUT2D eigenvalue weighted by Crippen LogP contribution is -2.66. The number of fused-ring (bicyclic) bond motifs is 1. The number of hydrogen-bond acceptors (Lipinski definition) is 7. The fourth-order valence-electron chi connectivity index (χ4n) is 9.90. The minimum atomic E-state index is -3.13. The van der Waals surface area contributed by atoms with Gasteiger partial charge in [-0.2, -0.15) is 0 Å². The Balaban J connectivity index is 1.18. The highest BCUT2D eigenvalue weighted by Crippen LogP contribution is 2.48. The maximum absolute atomic E-state index is 14.7. The highest BCUT2D eigenvalue weighted by atomic mass is 28.4. The third-order valence-corrected chi connectivity index (χ3v) is 17.9. The molecular weight excluding hydrogens is 832 g/mol. The molecule has 4 N–H and O–H groups in total. The van der Waals surface area contributed by atoms with Crippen molar-refractivity contribution in [3.63, 3.8) is 0 Å². The summed E-state index contributed by atoms with van der Waals surface area (Å²) in [6.07, 6.45) is 1.39. The Morgan fingerprint density at radius 2 is 1.37 bits per heavy atom. The average molecular weight is 887 g/mol. The number of allylic oxidation sites excluding steroid dienone is 1. The molecule has 2 aliphatic rings. The quantitative estimate of drug-likeness (QED) is 0.0351. The number of aliphatic hydroxyl groups excluding tert-OH is 2. The van der Waals surface area contributed by atoms with Crippen molar-refractivity contribution in [3.05, 3.63) is 192 Å². The Morgan fingerprint density at radius 3 is 1.94 bits per heavy atom. The van der Waals surface area contributed by atoms with Gasteiger partial charge < -0.3 is 25.1 Å². The van der Waals surface area contributed by atoms with E-state index in [1.807, 2.05) is 115 Å². The van der Waals surface area contributed by atoms with Gasteiger partial charge >= 0.3 is 0 Å². The summed E-state index contributed by atoms with van der Waals surface area (Å²) in [5.74, 6) is -4.54. The zero-order chi connectivity index (χ0) is 45.7. The third-order valence-electron chi connectivity index (χ3n) is 13.0. The van der Waals surface area contributed by atoms with Gasteiger partial charge in [0.05, 0.1) is 36.8 Å². The van der Waals surface area contributed by atoms with Gasteiger partial charge in [0.2, 0.25) is 11.8 Å². The smallest absolute Gasteiger partial charge is 0.261 e. The molecule has 0 saturated carbocycles. The van der Waals surface area contributed by atoms with E-state index in [0.29, 0.717) is 28.8 Å². The number of hydrogen-bond donors (Lipinski definition) is 4. The van der Waals surface area contributed by atoms with Gasteiger partial charge in [0.15, 0.2) is 11.6 Å². The monoisotopic (exact) mass is 886 g/mol. The molecule has 0 bridgehead atoms. The van der Waals surface area contributed by atoms with Crippen LogP contribution in [0.25, 0.3) is 11.6 Å². The van der Waals surface area contributed by atoms with Gasteiger partial charge in [-0.05, 0) is 111 Å². The molecule has 6 aromatic carbocycles. The number of imide groups is 1. The summed E-state index contributed by atoms with van der Waals surface area (Å²) in [7, 11) is -3.13. The molecule has 10 heteroatoms. The van der Waals surface area contributed by atoms with Crippen molar-refractivity contribution in [2.45, 2.75) is 51.2 Å². The van der Waals surface area contributed by atoms with Crippen LogP contribution in [-0.2, 0) is 14.0 Å². The summed E-state index contributed by atoms with van der Waals surface area (Å²) in [4.78, 5) is 30.6. The number of benzene rings is 6. The van der Waals surface area contributed by atoms with Gasteiger partial charge in [-0.3, -0.25) is 14.5 Å². The number of phenolic OH excluding ortho intramolecular Hbond substituents is 1. The minimum absolute atomic E-state index is 0.0644. The van der Waals surface area contributed by atoms with E-state index in [-0.39, 0.29) is 30.4 Å². The van der Waals surface area contributed by atoms with E-state index >= 15 is 0 Å². The standard InChI is InChI=1S/C55H55FN2O6Si/c1-55(2,3)65(44-20-12-6-13-21-44,45-22-14-7-15-23-45)64-36-40-34-46-52(54(63)58(53(46)62)43-28-26-42(27-29-43)57-41-18-10-5-11-19-41)47(35-59)51(40)50(61)31-25-39(38-16-8-4-9-17-38)32-37-24-30-49(60)48(56)33-37/h4-24,26-30,32-33,46-47,50,52,57,59-61H,25,31,34-36H2,1-3H3/b39-32-/t46-,47+,50-,52-/m1/s1. The molecular formula is C55H55FN2O6Si. The molecule has 8 rings (SSSR count). The van der Waals surface area contributed by atoms with Crippen molar-refractivity contribution >= 4 is 59.2 Å². The number of carbonyl (C=O) groups excluding carboxylic acids is 2. The van der Waals surface area contributed by atoms with Crippen molar-refractivity contribution in [1.29, 1.82) is 0 Å². The van der Waals surface area contributed by atoms with Crippen LogP contribution < -0.4 is 20.6 Å². The molecule has 332 valence electrons. The second kappa shape index (κ2) is 19.4. The maximum Gasteiger partial charge on any atom is 0.261 e. The predicted molar refractivity (Wildman–Crippen MR) is 259 cm³/mol. The number of halogens is 1. The normalized spacial score (nSPS) is 18.5. The molecule has 1 aliphatic heterocycles. The van der Waals surface area contributed by atoms with Crippen LogP contribution in [0.1, 0.15) is 51.2 Å². The highest BCUT2D eigenvalue weighted by Gasteiger charge is 2.56. The van der Waals surface area contributed by atoms with Crippen LogP contribution in [0.15, 0.2) is 175 Å². The summed E-state index contributed by atoms with van der Waals surface area (Å²) in [6.45, 7) is 6.15. The number of amides is 2. The number of nitrogens with one attached hydrogen (secondary N) is 1. The number of carbonyl (C=O) groups is 2. The Labute approximate surface area is 381 Å². The van der Waals surface area contributed by atoms with Gasteiger partial charge in [0.1, 0.15) is 0 Å². The fourth-order valence-corrected chi connectivity index (χ4v) is 14.4. The van der Waals surface area contributed by atoms with Crippen LogP contribution in [0.3, 0.4) is 0 Å². The molecule has 4 atom stereocenters. The number of phenols is 1. The number of para-hydroxylation sites is 1. The second-order valence-corrected chi connectivity index (χ2v) is 22.3. The van der Waals surface area contributed by atoms with E-state index in [9.17, 15) is 29.3 Å². The van der Waals surface area contributed by atoms with Crippen molar-refractivity contribution < 1.29 is 33.7 Å². The van der Waals surface area contributed by atoms with Crippen LogP contribution in [-0.4, -0.2) is 54.8 Å². The van der Waals surface area contributed by atoms with Gasteiger partial charge in [-0.25, -0.2) is 4.39 Å². The lowest BCUT2D eigenvalue weighted by molar-refractivity contribution is -0.123. The molecule has 1 fully saturated rings. The first kappa shape index (κ1) is 45.1. The molecule has 1 heterocycles. The van der Waals surface area contributed by atoms with Crippen LogP contribution in [0.5, 0.6) is 5.75 Å². The summed E-state index contributed by atoms with van der Waals surface area (Å²) in [5, 5.41) is 39.0. The Bertz CT molecular complexity index is 2630. The summed E-state index contributed by atoms with van der Waals surface area (Å²) >= 11 is 0. The predicted octanol–water partition coefficient (Wildman–Crippen LogP) is 9.65. The molecule has 0 spiro atoms. The first-order valence-electron chi connectivity index (χ1n) is 22.2. The lowest BCUT2D eigenvalue weighted by Gasteiger charge is -2.44. The van der Waals surface area contributed by atoms with Crippen molar-refractivity contribution in [2.75, 3.05) is 23.4 Å². The third kappa shape index (κ3) is 9.26. The molecule has 1 aliphatic carbocycles. The molecule has 0 unspecified atom stereocenters. The van der Waals surface area contributed by atoms with E-state index < -0.39 is 56.3 Å². The molecule has 1 saturated heterocycles. The summed E-state index contributed by atoms with van der Waals surface area (Å²) < 4.78 is 22.0. The lowest BCUT2D eigenvalue weighted by atomic mass is 9.68. The van der Waals surface area contributed by atoms with E-state index in [4.69, 9.17) is 4.43 Å². The largest absolute Gasteiger partial charge is 0.505 e. The summed E-state index contributed by atoms with van der Waals surface area (Å²) in [6, 6.07) is 51.1. The number of anilines is 3. The zero-order valence-electron chi connectivity index (χ0n) is 36.9. The number of rotatable bonds is 15. The number of aliphatic hydroxyl groups is 2. The molecule has 65 heavy (non-hydrogen) atoms. The Morgan fingerprint density at radius 1 is 0.800 bits per heavy atom. The number of aromatic hydroxyl groups is 1. The first-order valence-corrected chi connectivity index (χ1v) is 24.1. The van der Waals surface area contributed by atoms with Gasteiger partial charge in [-0.15, -0.1) is 0 Å². The van der Waals surface area contributed by atoms with Crippen molar-refractivity contribution in [2.24, 2.45) is 17.8 Å². The van der Waals surface area contributed by atoms with E-state index in [2.05, 4.69) is 50.4 Å². The van der Waals surface area contributed by atoms with Crippen LogP contribution in [0, 0.1) is 23.6 Å². The van der Waals surface area contributed by atoms with Gasteiger partial charge in [-0.1, -0.05) is 142 Å². The zero-order valence-corrected chi connectivity index (χ0v) is 37.9. The van der Waals surface area contributed by atoms with E-state index in [0.717, 1.165) is 32.9 Å². The van der Waals surface area contributed by atoms with Crippen LogP contribution in [0.2, 0.25) is 5.04 Å².